The Balaban J connectivity index is 1.86. The zero-order valence-corrected chi connectivity index (χ0v) is 17.8. The zero-order valence-electron chi connectivity index (χ0n) is 14.6. The average molecular weight is 468 g/mol. The maximum absolute atomic E-state index is 12.5. The van der Waals surface area contributed by atoms with E-state index < -0.39 is 10.8 Å². The standard InChI is InChI=1S/C18H11Cl2N3O4S2/c1-9(24)10-2-4-11(5-3-10)22-17(25)15-6-14(23(26)27)18(28-15)29-16-12(19)7-21-8-13(16)20/h2-8H,1H3,(H,22,25). The number of rotatable bonds is 6. The second-order valence-electron chi connectivity index (χ2n) is 5.66. The molecule has 0 aliphatic carbocycles. The van der Waals surface area contributed by atoms with Crippen LogP contribution in [-0.4, -0.2) is 21.6 Å². The number of Topliss-reactive ketones (excluding diaryl/α,β-unsaturated/α-hetero) is 1. The third-order valence-electron chi connectivity index (χ3n) is 3.65. The molecule has 0 atom stereocenters. The van der Waals surface area contributed by atoms with Gasteiger partial charge in [-0.3, -0.25) is 24.7 Å². The summed E-state index contributed by atoms with van der Waals surface area (Å²) in [6, 6.07) is 7.55. The fraction of sp³-hybridized carbons (Fsp3) is 0.0556. The summed E-state index contributed by atoms with van der Waals surface area (Å²) in [5.41, 5.74) is 0.756. The second-order valence-corrected chi connectivity index (χ2v) is 8.81. The number of amides is 1. The molecule has 1 amide bonds. The van der Waals surface area contributed by atoms with Crippen LogP contribution in [-0.2, 0) is 0 Å². The lowest BCUT2D eigenvalue weighted by Gasteiger charge is -2.04. The molecule has 3 aromatic rings. The average Bonchev–Trinajstić information content (AvgIpc) is 3.10. The van der Waals surface area contributed by atoms with Crippen LogP contribution in [0, 0.1) is 10.1 Å². The molecule has 0 saturated heterocycles. The number of benzene rings is 1. The molecular formula is C18H11Cl2N3O4S2. The molecule has 2 heterocycles. The van der Waals surface area contributed by atoms with E-state index in [1.807, 2.05) is 0 Å². The van der Waals surface area contributed by atoms with Crippen molar-refractivity contribution in [3.05, 3.63) is 73.3 Å². The van der Waals surface area contributed by atoms with Gasteiger partial charge in [0, 0.05) is 29.7 Å². The summed E-state index contributed by atoms with van der Waals surface area (Å²) in [6.07, 6.45) is 2.76. The maximum Gasteiger partial charge on any atom is 0.294 e. The second kappa shape index (κ2) is 8.91. The van der Waals surface area contributed by atoms with E-state index in [1.54, 1.807) is 24.3 Å². The van der Waals surface area contributed by atoms with Crippen molar-refractivity contribution in [1.29, 1.82) is 0 Å². The molecule has 29 heavy (non-hydrogen) atoms. The van der Waals surface area contributed by atoms with Gasteiger partial charge in [-0.05, 0) is 31.2 Å². The van der Waals surface area contributed by atoms with Crippen molar-refractivity contribution in [2.45, 2.75) is 16.0 Å². The number of thiophene rings is 1. The highest BCUT2D eigenvalue weighted by Crippen LogP contribution is 2.45. The number of pyridine rings is 1. The highest BCUT2D eigenvalue weighted by Gasteiger charge is 2.25. The normalized spacial score (nSPS) is 10.6. The van der Waals surface area contributed by atoms with Gasteiger partial charge in [-0.25, -0.2) is 0 Å². The molecule has 0 saturated carbocycles. The molecule has 3 rings (SSSR count). The van der Waals surface area contributed by atoms with Crippen LogP contribution in [0.4, 0.5) is 11.4 Å². The minimum absolute atomic E-state index is 0.0909. The predicted molar refractivity (Wildman–Crippen MR) is 114 cm³/mol. The number of ketones is 1. The third kappa shape index (κ3) is 4.94. The fourth-order valence-electron chi connectivity index (χ4n) is 2.25. The molecule has 0 spiro atoms. The van der Waals surface area contributed by atoms with Crippen LogP contribution in [0.3, 0.4) is 0 Å². The van der Waals surface area contributed by atoms with E-state index in [1.165, 1.54) is 25.4 Å². The number of aromatic nitrogens is 1. The Morgan fingerprint density at radius 2 is 1.79 bits per heavy atom. The smallest absolute Gasteiger partial charge is 0.294 e. The molecule has 11 heteroatoms. The van der Waals surface area contributed by atoms with Gasteiger partial charge in [0.25, 0.3) is 11.6 Å². The van der Waals surface area contributed by atoms with Gasteiger partial charge < -0.3 is 5.32 Å². The molecular weight excluding hydrogens is 457 g/mol. The summed E-state index contributed by atoms with van der Waals surface area (Å²) in [5.74, 6) is -0.598. The lowest BCUT2D eigenvalue weighted by Crippen LogP contribution is -2.10. The molecule has 148 valence electrons. The molecule has 0 unspecified atom stereocenters. The Kier molecular flexibility index (Phi) is 6.53. The number of nitro groups is 1. The van der Waals surface area contributed by atoms with Gasteiger partial charge in [-0.2, -0.15) is 0 Å². The fourth-order valence-corrected chi connectivity index (χ4v) is 5.01. The van der Waals surface area contributed by atoms with Crippen LogP contribution < -0.4 is 5.32 Å². The van der Waals surface area contributed by atoms with Crippen LogP contribution >= 0.6 is 46.3 Å². The number of nitrogens with zero attached hydrogens (tertiary/aromatic N) is 2. The minimum Gasteiger partial charge on any atom is -0.321 e. The number of nitrogens with one attached hydrogen (secondary N) is 1. The summed E-state index contributed by atoms with van der Waals surface area (Å²) in [5, 5.41) is 14.6. The monoisotopic (exact) mass is 467 g/mol. The van der Waals surface area contributed by atoms with Gasteiger partial charge in [0.1, 0.15) is 9.09 Å². The molecule has 0 bridgehead atoms. The highest BCUT2D eigenvalue weighted by molar-refractivity contribution is 8.01. The molecule has 0 aliphatic rings. The van der Waals surface area contributed by atoms with E-state index in [-0.39, 0.29) is 30.6 Å². The summed E-state index contributed by atoms with van der Waals surface area (Å²) in [4.78, 5) is 39.2. The summed E-state index contributed by atoms with van der Waals surface area (Å²) in [7, 11) is 0. The predicted octanol–water partition coefficient (Wildman–Crippen LogP) is 5.96. The highest BCUT2D eigenvalue weighted by atomic mass is 35.5. The first-order valence-electron chi connectivity index (χ1n) is 7.93. The van der Waals surface area contributed by atoms with E-state index in [0.717, 1.165) is 23.1 Å². The first-order chi connectivity index (χ1) is 13.8. The van der Waals surface area contributed by atoms with Crippen LogP contribution in [0.2, 0.25) is 10.0 Å². The van der Waals surface area contributed by atoms with Gasteiger partial charge in [0.2, 0.25) is 0 Å². The molecule has 7 nitrogen and oxygen atoms in total. The van der Waals surface area contributed by atoms with Crippen molar-refractivity contribution >= 4 is 69.4 Å². The molecule has 0 radical (unpaired) electrons. The van der Waals surface area contributed by atoms with Crippen molar-refractivity contribution in [3.8, 4) is 0 Å². The summed E-state index contributed by atoms with van der Waals surface area (Å²) >= 11 is 14.1. The number of hydrogen-bond donors (Lipinski definition) is 1. The topological polar surface area (TPSA) is 102 Å². The Labute approximate surface area is 183 Å². The van der Waals surface area contributed by atoms with Crippen molar-refractivity contribution < 1.29 is 14.5 Å². The molecule has 1 aromatic carbocycles. The summed E-state index contributed by atoms with van der Waals surface area (Å²) < 4.78 is 0.266. The first-order valence-corrected chi connectivity index (χ1v) is 10.3. The largest absolute Gasteiger partial charge is 0.321 e. The van der Waals surface area contributed by atoms with E-state index >= 15 is 0 Å². The number of carbonyl (C=O) groups excluding carboxylic acids is 2. The number of anilines is 1. The lowest BCUT2D eigenvalue weighted by atomic mass is 10.1. The Bertz CT molecular complexity index is 1100. The van der Waals surface area contributed by atoms with Crippen LogP contribution in [0.15, 0.2) is 51.8 Å². The van der Waals surface area contributed by atoms with E-state index in [9.17, 15) is 19.7 Å². The van der Waals surface area contributed by atoms with Crippen molar-refractivity contribution in [1.82, 2.24) is 4.98 Å². The van der Waals surface area contributed by atoms with E-state index in [4.69, 9.17) is 23.2 Å². The van der Waals surface area contributed by atoms with Crippen LogP contribution in [0.5, 0.6) is 0 Å². The van der Waals surface area contributed by atoms with Gasteiger partial charge in [-0.15, -0.1) is 11.3 Å². The van der Waals surface area contributed by atoms with Crippen LogP contribution in [0.25, 0.3) is 0 Å². The molecule has 0 aliphatic heterocycles. The molecule has 0 fully saturated rings. The number of carbonyl (C=O) groups is 2. The van der Waals surface area contributed by atoms with Crippen molar-refractivity contribution in [3.63, 3.8) is 0 Å². The Morgan fingerprint density at radius 1 is 1.17 bits per heavy atom. The number of hydrogen-bond acceptors (Lipinski definition) is 7. The number of halogens is 2. The summed E-state index contributed by atoms with van der Waals surface area (Å²) in [6.45, 7) is 1.44. The molecule has 1 N–H and O–H groups in total. The van der Waals surface area contributed by atoms with E-state index in [0.29, 0.717) is 16.1 Å². The van der Waals surface area contributed by atoms with Gasteiger partial charge in [0.05, 0.1) is 19.9 Å². The third-order valence-corrected chi connectivity index (χ3v) is 6.91. The first kappa shape index (κ1) is 21.3. The van der Waals surface area contributed by atoms with Crippen molar-refractivity contribution in [2.24, 2.45) is 0 Å². The van der Waals surface area contributed by atoms with Gasteiger partial charge in [0.15, 0.2) is 5.78 Å². The Hall–Kier alpha value is -2.46. The SMILES string of the molecule is CC(=O)c1ccc(NC(=O)c2cc([N+](=O)[O-])c(Sc3c(Cl)cncc3Cl)s2)cc1. The van der Waals surface area contributed by atoms with Gasteiger partial charge >= 0.3 is 0 Å². The minimum atomic E-state index is -0.569. The van der Waals surface area contributed by atoms with Gasteiger partial charge in [-0.1, -0.05) is 35.0 Å². The van der Waals surface area contributed by atoms with Crippen LogP contribution in [0.1, 0.15) is 27.0 Å². The lowest BCUT2D eigenvalue weighted by molar-refractivity contribution is -0.387. The molecule has 2 aromatic heterocycles. The maximum atomic E-state index is 12.5. The zero-order chi connectivity index (χ0) is 21.1. The Morgan fingerprint density at radius 3 is 2.34 bits per heavy atom. The van der Waals surface area contributed by atoms with E-state index in [2.05, 4.69) is 10.3 Å². The van der Waals surface area contributed by atoms with Crippen molar-refractivity contribution in [2.75, 3.05) is 5.32 Å². The quantitative estimate of drug-likeness (QED) is 0.272.